The van der Waals surface area contributed by atoms with Gasteiger partial charge in [-0.05, 0) is 49.6 Å². The van der Waals surface area contributed by atoms with Gasteiger partial charge in [0.25, 0.3) is 0 Å². The Labute approximate surface area is 212 Å². The number of ketones is 1. The van der Waals surface area contributed by atoms with Crippen LogP contribution in [0, 0.1) is 12.7 Å². The Morgan fingerprint density at radius 2 is 1.33 bits per heavy atom. The van der Waals surface area contributed by atoms with Crippen LogP contribution in [0.5, 0.6) is 0 Å². The van der Waals surface area contributed by atoms with Crippen LogP contribution < -0.4 is 10.6 Å². The van der Waals surface area contributed by atoms with Crippen molar-refractivity contribution in [2.75, 3.05) is 5.32 Å². The summed E-state index contributed by atoms with van der Waals surface area (Å²) in [6.07, 6.45) is 1.50. The molecule has 0 saturated heterocycles. The third-order valence-corrected chi connectivity index (χ3v) is 6.24. The lowest BCUT2D eigenvalue weighted by Gasteiger charge is -2.20. The number of halogens is 1. The summed E-state index contributed by atoms with van der Waals surface area (Å²) in [6, 6.07) is 32.4. The molecule has 2 N–H and O–H groups in total. The minimum Gasteiger partial charge on any atom is -0.378 e. The van der Waals surface area contributed by atoms with Crippen molar-refractivity contribution in [3.63, 3.8) is 0 Å². The van der Waals surface area contributed by atoms with Gasteiger partial charge in [0.05, 0.1) is 5.56 Å². The maximum atomic E-state index is 15.1. The zero-order valence-corrected chi connectivity index (χ0v) is 20.8. The highest BCUT2D eigenvalue weighted by Gasteiger charge is 2.19. The molecule has 4 rings (SSSR count). The van der Waals surface area contributed by atoms with E-state index in [4.69, 9.17) is 0 Å². The van der Waals surface area contributed by atoms with E-state index in [1.54, 1.807) is 12.1 Å². The molecule has 2 atom stereocenters. The molecular weight excluding hydrogens is 447 g/mol. The molecule has 182 valence electrons. The molecule has 0 aliphatic carbocycles. The highest BCUT2D eigenvalue weighted by molar-refractivity contribution is 6.11. The molecule has 0 aliphatic heterocycles. The molecule has 0 amide bonds. The van der Waals surface area contributed by atoms with Crippen molar-refractivity contribution < 1.29 is 9.18 Å². The zero-order valence-electron chi connectivity index (χ0n) is 20.8. The van der Waals surface area contributed by atoms with Gasteiger partial charge in [0.15, 0.2) is 5.78 Å². The average molecular weight is 479 g/mol. The van der Waals surface area contributed by atoms with Crippen molar-refractivity contribution in [2.45, 2.75) is 32.9 Å². The van der Waals surface area contributed by atoms with Crippen LogP contribution in [0.1, 0.15) is 58.5 Å². The molecule has 4 heteroatoms. The number of benzene rings is 4. The first-order chi connectivity index (χ1) is 17.4. The van der Waals surface area contributed by atoms with Crippen molar-refractivity contribution in [3.05, 3.63) is 143 Å². The molecule has 0 fully saturated rings. The Balaban J connectivity index is 1.69. The highest BCUT2D eigenvalue weighted by Crippen LogP contribution is 2.27. The van der Waals surface area contributed by atoms with Gasteiger partial charge in [-0.25, -0.2) is 4.39 Å². The summed E-state index contributed by atoms with van der Waals surface area (Å²) < 4.78 is 15.1. The molecule has 0 aliphatic rings. The van der Waals surface area contributed by atoms with Gasteiger partial charge in [0.2, 0.25) is 0 Å². The minimum absolute atomic E-state index is 0.0269. The molecule has 0 unspecified atom stereocenters. The Bertz CT molecular complexity index is 1330. The Morgan fingerprint density at radius 1 is 0.750 bits per heavy atom. The molecule has 3 nitrogen and oxygen atoms in total. The van der Waals surface area contributed by atoms with Crippen LogP contribution in [0.3, 0.4) is 0 Å². The fourth-order valence-corrected chi connectivity index (χ4v) is 4.16. The predicted octanol–water partition coefficient (Wildman–Crippen LogP) is 7.88. The summed E-state index contributed by atoms with van der Waals surface area (Å²) in [4.78, 5) is 13.6. The zero-order chi connectivity index (χ0) is 25.5. The van der Waals surface area contributed by atoms with E-state index >= 15 is 4.39 Å². The van der Waals surface area contributed by atoms with Crippen LogP contribution in [0.15, 0.2) is 109 Å². The van der Waals surface area contributed by atoms with Gasteiger partial charge in [0, 0.05) is 29.5 Å². The summed E-state index contributed by atoms with van der Waals surface area (Å²) in [5, 5.41) is 6.80. The second kappa shape index (κ2) is 11.5. The summed E-state index contributed by atoms with van der Waals surface area (Å²) in [5.74, 6) is -0.958. The van der Waals surface area contributed by atoms with Crippen molar-refractivity contribution >= 4 is 17.2 Å². The Kier molecular flexibility index (Phi) is 7.96. The molecule has 36 heavy (non-hydrogen) atoms. The van der Waals surface area contributed by atoms with Crippen LogP contribution in [0.2, 0.25) is 0 Å². The number of allylic oxidation sites excluding steroid dienone is 1. The number of carbonyl (C=O) groups excluding carboxylic acids is 1. The van der Waals surface area contributed by atoms with Gasteiger partial charge in [-0.15, -0.1) is 0 Å². The monoisotopic (exact) mass is 478 g/mol. The van der Waals surface area contributed by atoms with Gasteiger partial charge in [-0.1, -0.05) is 96.6 Å². The third kappa shape index (κ3) is 6.08. The molecular formula is C32H31FN2O. The van der Waals surface area contributed by atoms with E-state index in [2.05, 4.69) is 10.6 Å². The summed E-state index contributed by atoms with van der Waals surface area (Å²) in [6.45, 7) is 6.05. The molecule has 0 aromatic heterocycles. The van der Waals surface area contributed by atoms with E-state index in [9.17, 15) is 4.79 Å². The van der Waals surface area contributed by atoms with Crippen LogP contribution in [0.25, 0.3) is 5.70 Å². The van der Waals surface area contributed by atoms with E-state index < -0.39 is 11.6 Å². The smallest absolute Gasteiger partial charge is 0.192 e. The van der Waals surface area contributed by atoms with Crippen LogP contribution >= 0.6 is 0 Å². The van der Waals surface area contributed by atoms with E-state index in [0.29, 0.717) is 11.4 Å². The molecule has 0 spiro atoms. The average Bonchev–Trinajstić information content (AvgIpc) is 2.89. The quantitative estimate of drug-likeness (QED) is 0.190. The second-order valence-corrected chi connectivity index (χ2v) is 9.00. The lowest BCUT2D eigenvalue weighted by Crippen LogP contribution is -2.19. The fraction of sp³-hybridized carbons (Fsp3) is 0.156. The Morgan fingerprint density at radius 3 is 1.94 bits per heavy atom. The molecule has 0 heterocycles. The standard InChI is InChI=1S/C32H31FN2O/c1-22-17-19-27(20-18-22)30(35-24(3)26-13-8-5-9-14-26)21-31(36)32-28(33)15-10-16-29(32)34-23(2)25-11-6-4-7-12-25/h4-21,23-24,34-35H,1-3H3/b30-21-/t23-,24-/m1/s1. The number of rotatable bonds is 9. The molecule has 0 bridgehead atoms. The molecule has 4 aromatic carbocycles. The first-order valence-corrected chi connectivity index (χ1v) is 12.2. The van der Waals surface area contributed by atoms with Crippen LogP contribution in [-0.2, 0) is 0 Å². The van der Waals surface area contributed by atoms with Gasteiger partial charge < -0.3 is 10.6 Å². The van der Waals surface area contributed by atoms with E-state index in [-0.39, 0.29) is 17.6 Å². The topological polar surface area (TPSA) is 41.1 Å². The normalized spacial score (nSPS) is 13.1. The number of aryl methyl sites for hydroxylation is 1. The summed E-state index contributed by atoms with van der Waals surface area (Å²) >= 11 is 0. The Hall–Kier alpha value is -4.18. The van der Waals surface area contributed by atoms with Crippen molar-refractivity contribution in [1.29, 1.82) is 0 Å². The SMILES string of the molecule is Cc1ccc(/C(=C/C(=O)c2c(F)cccc2N[C@H](C)c2ccccc2)N[C@H](C)c2ccccc2)cc1. The largest absolute Gasteiger partial charge is 0.378 e. The lowest BCUT2D eigenvalue weighted by atomic mass is 10.0. The van der Waals surface area contributed by atoms with E-state index in [1.807, 2.05) is 106 Å². The van der Waals surface area contributed by atoms with E-state index in [1.165, 1.54) is 12.1 Å². The van der Waals surface area contributed by atoms with Gasteiger partial charge in [-0.3, -0.25) is 4.79 Å². The number of nitrogens with one attached hydrogen (secondary N) is 2. The van der Waals surface area contributed by atoms with Gasteiger partial charge >= 0.3 is 0 Å². The minimum atomic E-state index is -0.555. The molecule has 4 aromatic rings. The third-order valence-electron chi connectivity index (χ3n) is 6.24. The van der Waals surface area contributed by atoms with Crippen LogP contribution in [-0.4, -0.2) is 5.78 Å². The number of anilines is 1. The predicted molar refractivity (Wildman–Crippen MR) is 146 cm³/mol. The number of carbonyl (C=O) groups is 1. The van der Waals surface area contributed by atoms with Crippen molar-refractivity contribution in [3.8, 4) is 0 Å². The molecule has 0 radical (unpaired) electrons. The number of hydrogen-bond donors (Lipinski definition) is 2. The van der Waals surface area contributed by atoms with E-state index in [0.717, 1.165) is 22.3 Å². The lowest BCUT2D eigenvalue weighted by molar-refractivity contribution is 0.104. The summed E-state index contributed by atoms with van der Waals surface area (Å²) in [7, 11) is 0. The second-order valence-electron chi connectivity index (χ2n) is 9.00. The first-order valence-electron chi connectivity index (χ1n) is 12.2. The van der Waals surface area contributed by atoms with Gasteiger partial charge in [-0.2, -0.15) is 0 Å². The highest BCUT2D eigenvalue weighted by atomic mass is 19.1. The maximum absolute atomic E-state index is 15.1. The number of hydrogen-bond acceptors (Lipinski definition) is 3. The van der Waals surface area contributed by atoms with Crippen molar-refractivity contribution in [2.24, 2.45) is 0 Å². The fourth-order valence-electron chi connectivity index (χ4n) is 4.16. The van der Waals surface area contributed by atoms with Gasteiger partial charge in [0.1, 0.15) is 5.82 Å². The van der Waals surface area contributed by atoms with Crippen LogP contribution in [0.4, 0.5) is 10.1 Å². The molecule has 0 saturated carbocycles. The maximum Gasteiger partial charge on any atom is 0.192 e. The first kappa shape index (κ1) is 24.9. The summed E-state index contributed by atoms with van der Waals surface area (Å²) in [5.41, 5.74) is 5.26. The van der Waals surface area contributed by atoms with Crippen molar-refractivity contribution in [1.82, 2.24) is 5.32 Å².